The fourth-order valence-electron chi connectivity index (χ4n) is 6.92. The predicted octanol–water partition coefficient (Wildman–Crippen LogP) is 12.5. The van der Waals surface area contributed by atoms with Crippen LogP contribution < -0.4 is 0 Å². The average molecular weight is 687 g/mol. The molecule has 53 heavy (non-hydrogen) atoms. The van der Waals surface area contributed by atoms with Gasteiger partial charge in [0.15, 0.2) is 17.5 Å². The highest BCUT2D eigenvalue weighted by Crippen LogP contribution is 2.38. The van der Waals surface area contributed by atoms with Gasteiger partial charge in [0.1, 0.15) is 0 Å². The van der Waals surface area contributed by atoms with Gasteiger partial charge in [-0.15, -0.1) is 0 Å². The summed E-state index contributed by atoms with van der Waals surface area (Å²) in [6.45, 7) is 0. The van der Waals surface area contributed by atoms with Crippen molar-refractivity contribution >= 4 is 32.6 Å². The molecule has 0 N–H and O–H groups in total. The number of rotatable bonds is 6. The van der Waals surface area contributed by atoms with Crippen LogP contribution in [0.3, 0.4) is 0 Å². The quantitative estimate of drug-likeness (QED) is 0.175. The molecule has 2 heterocycles. The predicted molar refractivity (Wildman–Crippen MR) is 219 cm³/mol. The maximum atomic E-state index is 8.86. The Kier molecular flexibility index (Phi) is 5.32. The summed E-state index contributed by atoms with van der Waals surface area (Å²) in [5, 5.41) is 3.61. The third kappa shape index (κ3) is 5.54. The second-order valence-corrected chi connectivity index (χ2v) is 12.6. The van der Waals surface area contributed by atoms with E-state index in [-0.39, 0.29) is 41.1 Å². The van der Waals surface area contributed by atoms with Crippen LogP contribution in [0.2, 0.25) is 0 Å². The number of hydrogen-bond donors (Lipinski definition) is 0. The Labute approximate surface area is 321 Å². The monoisotopic (exact) mass is 686 g/mol. The molecule has 0 fully saturated rings. The van der Waals surface area contributed by atoms with Crippen LogP contribution in [0.1, 0.15) is 13.7 Å². The van der Waals surface area contributed by atoms with Gasteiger partial charge in [0.05, 0.1) is 30.4 Å². The topological polar surface area (TPSA) is 43.6 Å². The normalized spacial score (nSPS) is 14.0. The van der Waals surface area contributed by atoms with Gasteiger partial charge in [0.25, 0.3) is 0 Å². The number of aromatic nitrogens is 4. The van der Waals surface area contributed by atoms with Crippen LogP contribution in [-0.2, 0) is 0 Å². The molecule has 4 heteroatoms. The summed E-state index contributed by atoms with van der Waals surface area (Å²) in [5.74, 6) is 1.01. The Morgan fingerprint density at radius 1 is 0.377 bits per heavy atom. The van der Waals surface area contributed by atoms with Gasteiger partial charge >= 0.3 is 0 Å². The molecule has 0 unspecified atom stereocenters. The van der Waals surface area contributed by atoms with Crippen LogP contribution in [0.15, 0.2) is 194 Å². The third-order valence-corrected chi connectivity index (χ3v) is 9.40. The van der Waals surface area contributed by atoms with Gasteiger partial charge in [-0.3, -0.25) is 0 Å². The largest absolute Gasteiger partial charge is 0.309 e. The Morgan fingerprint density at radius 2 is 0.868 bits per heavy atom. The molecular formula is C49H32N4. The molecular weight excluding hydrogens is 645 g/mol. The molecule has 0 atom stereocenters. The molecule has 4 nitrogen and oxygen atoms in total. The van der Waals surface area contributed by atoms with Crippen molar-refractivity contribution in [2.75, 3.05) is 0 Å². The maximum absolute atomic E-state index is 8.86. The summed E-state index contributed by atoms with van der Waals surface area (Å²) in [4.78, 5) is 15.2. The fraction of sp³-hybridized carbons (Fsp3) is 0. The van der Waals surface area contributed by atoms with Crippen molar-refractivity contribution in [3.05, 3.63) is 194 Å². The summed E-state index contributed by atoms with van der Waals surface area (Å²) in [7, 11) is 0. The molecule has 0 radical (unpaired) electrons. The van der Waals surface area contributed by atoms with Gasteiger partial charge < -0.3 is 4.57 Å². The summed E-state index contributed by atoms with van der Waals surface area (Å²) >= 11 is 0. The minimum absolute atomic E-state index is 0.0473. The number of fused-ring (bicyclic) bond motifs is 4. The molecule has 10 rings (SSSR count). The lowest BCUT2D eigenvalue weighted by atomic mass is 9.99. The van der Waals surface area contributed by atoms with Gasteiger partial charge in [-0.1, -0.05) is 157 Å². The van der Waals surface area contributed by atoms with Gasteiger partial charge in [-0.25, -0.2) is 15.0 Å². The van der Waals surface area contributed by atoms with E-state index in [2.05, 4.69) is 16.7 Å². The van der Waals surface area contributed by atoms with E-state index in [9.17, 15) is 0 Å². The van der Waals surface area contributed by atoms with Gasteiger partial charge in [0.2, 0.25) is 0 Å². The van der Waals surface area contributed by atoms with Crippen molar-refractivity contribution in [3.8, 4) is 62.1 Å². The third-order valence-electron chi connectivity index (χ3n) is 9.40. The minimum atomic E-state index is -0.480. The van der Waals surface area contributed by atoms with Crippen molar-refractivity contribution in [1.82, 2.24) is 19.5 Å². The molecule has 0 bridgehead atoms. The molecule has 0 aliphatic heterocycles. The Hall–Kier alpha value is -7.17. The van der Waals surface area contributed by atoms with E-state index in [4.69, 9.17) is 28.7 Å². The van der Waals surface area contributed by atoms with Crippen molar-refractivity contribution < 1.29 is 13.7 Å². The SMILES string of the molecule is [2H]c1c([2H])c([2H])c(-c2ccc(-n3c4ccccc4c4ccccc43)c(-c3nc(-c4ccccc4)nc(-c4ccc5cc(-c6c([2H])c([2H])c([2H])c([2H])c6[2H])ccc5c4)n3)c2)c([2H])c1[2H]. The first kappa shape index (κ1) is 21.9. The first-order chi connectivity index (χ1) is 30.4. The Balaban J connectivity index is 1.22. The second-order valence-electron chi connectivity index (χ2n) is 12.6. The number of para-hydroxylation sites is 2. The van der Waals surface area contributed by atoms with Crippen molar-refractivity contribution in [3.63, 3.8) is 0 Å². The molecule has 0 saturated heterocycles. The highest BCUT2D eigenvalue weighted by Gasteiger charge is 2.20. The first-order valence-electron chi connectivity index (χ1n) is 22.0. The zero-order chi connectivity index (χ0) is 43.8. The number of benzene rings is 8. The smallest absolute Gasteiger partial charge is 0.166 e. The van der Waals surface area contributed by atoms with E-state index < -0.39 is 36.3 Å². The summed E-state index contributed by atoms with van der Waals surface area (Å²) < 4.78 is 86.5. The van der Waals surface area contributed by atoms with E-state index in [0.29, 0.717) is 39.6 Å². The standard InChI is InChI=1S/C49H32N4/c1-4-14-33(15-5-1)36-24-25-38-31-40(27-26-37(38)30-36)48-50-47(35-18-8-3-9-19-35)51-49(52-48)43-32-39(34-16-6-2-7-17-34)28-29-46(43)53-44-22-12-10-20-41(44)42-21-11-13-23-45(42)53/h1-32H/i1D,2D,4D,5D,6D,7D,14D,15D,16D,17D. The van der Waals surface area contributed by atoms with E-state index >= 15 is 0 Å². The molecule has 0 aliphatic rings. The van der Waals surface area contributed by atoms with Crippen LogP contribution in [0, 0.1) is 0 Å². The Morgan fingerprint density at radius 3 is 1.51 bits per heavy atom. The number of hydrogen-bond acceptors (Lipinski definition) is 3. The van der Waals surface area contributed by atoms with E-state index in [1.807, 2.05) is 97.1 Å². The zero-order valence-electron chi connectivity index (χ0n) is 38.0. The van der Waals surface area contributed by atoms with Gasteiger partial charge in [-0.05, 0) is 69.4 Å². The fourth-order valence-corrected chi connectivity index (χ4v) is 6.92. The molecule has 0 saturated carbocycles. The molecule has 8 aromatic carbocycles. The van der Waals surface area contributed by atoms with Crippen molar-refractivity contribution in [2.45, 2.75) is 0 Å². The van der Waals surface area contributed by atoms with Gasteiger partial charge in [0, 0.05) is 27.5 Å². The van der Waals surface area contributed by atoms with Crippen LogP contribution >= 0.6 is 0 Å². The summed E-state index contributed by atoms with van der Waals surface area (Å²) in [6, 6.07) is 38.2. The molecule has 0 spiro atoms. The lowest BCUT2D eigenvalue weighted by molar-refractivity contribution is 1.06. The minimum Gasteiger partial charge on any atom is -0.309 e. The number of nitrogens with zero attached hydrogens (tertiary/aromatic N) is 4. The summed E-state index contributed by atoms with van der Waals surface area (Å²) in [6.07, 6.45) is 0. The van der Waals surface area contributed by atoms with Crippen LogP contribution in [-0.4, -0.2) is 19.5 Å². The highest BCUT2D eigenvalue weighted by molar-refractivity contribution is 6.09. The second kappa shape index (κ2) is 12.9. The Bertz CT molecular complexity index is 3420. The van der Waals surface area contributed by atoms with E-state index in [0.717, 1.165) is 38.1 Å². The molecule has 2 aromatic heterocycles. The van der Waals surface area contributed by atoms with Crippen molar-refractivity contribution in [1.29, 1.82) is 0 Å². The van der Waals surface area contributed by atoms with E-state index in [1.165, 1.54) is 0 Å². The average Bonchev–Trinajstić information content (AvgIpc) is 3.65. The maximum Gasteiger partial charge on any atom is 0.166 e. The lowest BCUT2D eigenvalue weighted by Gasteiger charge is -2.16. The molecule has 248 valence electrons. The van der Waals surface area contributed by atoms with Crippen LogP contribution in [0.25, 0.3) is 94.7 Å². The molecule has 0 aliphatic carbocycles. The highest BCUT2D eigenvalue weighted by atomic mass is 15.1. The van der Waals surface area contributed by atoms with E-state index in [1.54, 1.807) is 24.3 Å². The van der Waals surface area contributed by atoms with Crippen molar-refractivity contribution in [2.24, 2.45) is 0 Å². The van der Waals surface area contributed by atoms with Crippen LogP contribution in [0.4, 0.5) is 0 Å². The zero-order valence-corrected chi connectivity index (χ0v) is 28.0. The van der Waals surface area contributed by atoms with Gasteiger partial charge in [-0.2, -0.15) is 0 Å². The molecule has 0 amide bonds. The first-order valence-corrected chi connectivity index (χ1v) is 17.0. The lowest BCUT2D eigenvalue weighted by Crippen LogP contribution is -2.04. The molecule has 10 aromatic rings. The summed E-state index contributed by atoms with van der Waals surface area (Å²) in [5.41, 5.74) is 5.47. The van der Waals surface area contributed by atoms with Crippen LogP contribution in [0.5, 0.6) is 0 Å².